The summed E-state index contributed by atoms with van der Waals surface area (Å²) < 4.78 is 5.51. The summed E-state index contributed by atoms with van der Waals surface area (Å²) in [6.45, 7) is 2.72. The molecule has 0 unspecified atom stereocenters. The SMILES string of the molecule is CCO[C@@H]1C[C@@H](CO)[C@H]2CCC(=O)N21. The summed E-state index contributed by atoms with van der Waals surface area (Å²) in [7, 11) is 0. The van der Waals surface area contributed by atoms with Gasteiger partial charge in [-0.15, -0.1) is 0 Å². The molecule has 0 saturated carbocycles. The van der Waals surface area contributed by atoms with E-state index >= 15 is 0 Å². The summed E-state index contributed by atoms with van der Waals surface area (Å²) in [5.74, 6) is 0.405. The molecule has 0 aromatic carbocycles. The summed E-state index contributed by atoms with van der Waals surface area (Å²) in [6.07, 6.45) is 2.20. The smallest absolute Gasteiger partial charge is 0.224 e. The largest absolute Gasteiger partial charge is 0.396 e. The maximum atomic E-state index is 11.6. The Morgan fingerprint density at radius 3 is 3.07 bits per heavy atom. The highest BCUT2D eigenvalue weighted by Gasteiger charge is 2.47. The van der Waals surface area contributed by atoms with Crippen LogP contribution in [0, 0.1) is 5.92 Å². The number of amides is 1. The number of hydrogen-bond donors (Lipinski definition) is 1. The molecule has 2 aliphatic rings. The van der Waals surface area contributed by atoms with E-state index in [2.05, 4.69) is 0 Å². The second-order valence-corrected chi connectivity index (χ2v) is 4.00. The van der Waals surface area contributed by atoms with Crippen LogP contribution in [0.3, 0.4) is 0 Å². The van der Waals surface area contributed by atoms with Crippen molar-refractivity contribution in [2.75, 3.05) is 13.2 Å². The van der Waals surface area contributed by atoms with Crippen LogP contribution < -0.4 is 0 Å². The van der Waals surface area contributed by atoms with E-state index in [9.17, 15) is 9.90 Å². The van der Waals surface area contributed by atoms with Gasteiger partial charge in [0.1, 0.15) is 6.23 Å². The van der Waals surface area contributed by atoms with Crippen LogP contribution in [0.4, 0.5) is 0 Å². The Labute approximate surface area is 83.8 Å². The van der Waals surface area contributed by atoms with Crippen molar-refractivity contribution in [1.29, 1.82) is 0 Å². The fourth-order valence-electron chi connectivity index (χ4n) is 2.63. The van der Waals surface area contributed by atoms with Gasteiger partial charge in [-0.1, -0.05) is 0 Å². The van der Waals surface area contributed by atoms with Gasteiger partial charge in [-0.2, -0.15) is 0 Å². The standard InChI is InChI=1S/C10H17NO3/c1-2-14-10-5-7(6-12)8-3-4-9(13)11(8)10/h7-8,10,12H,2-6H2,1H3/t7-,8+,10+/m0/s1. The molecule has 0 aromatic rings. The molecule has 1 amide bonds. The lowest BCUT2D eigenvalue weighted by Crippen LogP contribution is -2.37. The van der Waals surface area contributed by atoms with Crippen LogP contribution in [0.5, 0.6) is 0 Å². The Bertz CT molecular complexity index is 231. The molecule has 0 radical (unpaired) electrons. The maximum absolute atomic E-state index is 11.6. The minimum atomic E-state index is -0.0860. The van der Waals surface area contributed by atoms with Gasteiger partial charge < -0.3 is 14.7 Å². The van der Waals surface area contributed by atoms with Crippen molar-refractivity contribution in [1.82, 2.24) is 4.90 Å². The number of aliphatic hydroxyl groups is 1. The molecule has 4 nitrogen and oxygen atoms in total. The van der Waals surface area contributed by atoms with Crippen molar-refractivity contribution in [2.45, 2.75) is 38.5 Å². The van der Waals surface area contributed by atoms with Gasteiger partial charge in [0.25, 0.3) is 0 Å². The molecule has 2 fully saturated rings. The first-order chi connectivity index (χ1) is 6.77. The number of aliphatic hydroxyl groups excluding tert-OH is 1. The van der Waals surface area contributed by atoms with Crippen molar-refractivity contribution in [2.24, 2.45) is 5.92 Å². The van der Waals surface area contributed by atoms with E-state index in [1.54, 1.807) is 0 Å². The highest BCUT2D eigenvalue weighted by atomic mass is 16.5. The molecule has 2 aliphatic heterocycles. The number of carbonyl (C=O) groups is 1. The van der Waals surface area contributed by atoms with Crippen LogP contribution >= 0.6 is 0 Å². The minimum absolute atomic E-state index is 0.0860. The maximum Gasteiger partial charge on any atom is 0.224 e. The summed E-state index contributed by atoms with van der Waals surface area (Å²) in [4.78, 5) is 13.4. The Morgan fingerprint density at radius 2 is 2.43 bits per heavy atom. The molecule has 2 saturated heterocycles. The molecular weight excluding hydrogens is 182 g/mol. The van der Waals surface area contributed by atoms with E-state index < -0.39 is 0 Å². The molecule has 2 rings (SSSR count). The molecule has 14 heavy (non-hydrogen) atoms. The highest BCUT2D eigenvalue weighted by molar-refractivity contribution is 5.79. The number of ether oxygens (including phenoxy) is 1. The molecule has 4 heteroatoms. The lowest BCUT2D eigenvalue weighted by atomic mass is 9.99. The number of fused-ring (bicyclic) bond motifs is 1. The molecule has 3 atom stereocenters. The van der Waals surface area contributed by atoms with Crippen LogP contribution in [0.25, 0.3) is 0 Å². The van der Waals surface area contributed by atoms with E-state index in [1.807, 2.05) is 11.8 Å². The third-order valence-corrected chi connectivity index (χ3v) is 3.25. The van der Waals surface area contributed by atoms with Crippen LogP contribution in [0.1, 0.15) is 26.2 Å². The molecule has 1 N–H and O–H groups in total. The predicted molar refractivity (Wildman–Crippen MR) is 50.5 cm³/mol. The van der Waals surface area contributed by atoms with E-state index in [1.165, 1.54) is 0 Å². The van der Waals surface area contributed by atoms with Gasteiger partial charge in [0.2, 0.25) is 5.91 Å². The molecule has 2 heterocycles. The first-order valence-corrected chi connectivity index (χ1v) is 5.31. The minimum Gasteiger partial charge on any atom is -0.396 e. The fourth-order valence-corrected chi connectivity index (χ4v) is 2.63. The topological polar surface area (TPSA) is 49.8 Å². The molecule has 0 aliphatic carbocycles. The molecule has 80 valence electrons. The van der Waals surface area contributed by atoms with Gasteiger partial charge in [0.05, 0.1) is 0 Å². The Hall–Kier alpha value is -0.610. The third kappa shape index (κ3) is 1.42. The summed E-state index contributed by atoms with van der Waals surface area (Å²) in [6, 6.07) is 0.226. The Balaban J connectivity index is 2.10. The van der Waals surface area contributed by atoms with Crippen molar-refractivity contribution in [3.8, 4) is 0 Å². The van der Waals surface area contributed by atoms with Crippen LogP contribution in [-0.2, 0) is 9.53 Å². The summed E-state index contributed by atoms with van der Waals surface area (Å²) >= 11 is 0. The monoisotopic (exact) mass is 199 g/mol. The predicted octanol–water partition coefficient (Wildman–Crippen LogP) is 0.352. The van der Waals surface area contributed by atoms with Gasteiger partial charge in [-0.3, -0.25) is 4.79 Å². The van der Waals surface area contributed by atoms with E-state index in [-0.39, 0.29) is 30.7 Å². The summed E-state index contributed by atoms with van der Waals surface area (Å²) in [5, 5.41) is 9.19. The molecular formula is C10H17NO3. The number of nitrogens with zero attached hydrogens (tertiary/aromatic N) is 1. The second-order valence-electron chi connectivity index (χ2n) is 4.00. The lowest BCUT2D eigenvalue weighted by Gasteiger charge is -2.24. The van der Waals surface area contributed by atoms with Crippen molar-refractivity contribution >= 4 is 5.91 Å². The Kier molecular flexibility index (Phi) is 2.74. The van der Waals surface area contributed by atoms with Gasteiger partial charge >= 0.3 is 0 Å². The lowest BCUT2D eigenvalue weighted by molar-refractivity contribution is -0.139. The zero-order chi connectivity index (χ0) is 10.1. The quantitative estimate of drug-likeness (QED) is 0.713. The molecule has 0 spiro atoms. The average Bonchev–Trinajstić information content (AvgIpc) is 2.70. The van der Waals surface area contributed by atoms with E-state index in [0.717, 1.165) is 12.8 Å². The van der Waals surface area contributed by atoms with Crippen LogP contribution in [0.2, 0.25) is 0 Å². The number of hydrogen-bond acceptors (Lipinski definition) is 3. The second kappa shape index (κ2) is 3.87. The van der Waals surface area contributed by atoms with Gasteiger partial charge in [-0.25, -0.2) is 0 Å². The molecule has 0 bridgehead atoms. The summed E-state index contributed by atoms with van der Waals surface area (Å²) in [5.41, 5.74) is 0. The van der Waals surface area contributed by atoms with E-state index in [4.69, 9.17) is 4.74 Å². The zero-order valence-corrected chi connectivity index (χ0v) is 8.48. The van der Waals surface area contributed by atoms with Crippen LogP contribution in [-0.4, -0.2) is 41.4 Å². The van der Waals surface area contributed by atoms with Crippen LogP contribution in [0.15, 0.2) is 0 Å². The average molecular weight is 199 g/mol. The van der Waals surface area contributed by atoms with Gasteiger partial charge in [0.15, 0.2) is 0 Å². The van der Waals surface area contributed by atoms with Gasteiger partial charge in [-0.05, 0) is 19.8 Å². The fraction of sp³-hybridized carbons (Fsp3) is 0.900. The Morgan fingerprint density at radius 1 is 1.64 bits per heavy atom. The number of carbonyl (C=O) groups excluding carboxylic acids is 1. The van der Waals surface area contributed by atoms with Crippen molar-refractivity contribution < 1.29 is 14.6 Å². The van der Waals surface area contributed by atoms with Gasteiger partial charge in [0, 0.05) is 31.6 Å². The number of rotatable bonds is 3. The first-order valence-electron chi connectivity index (χ1n) is 5.31. The zero-order valence-electron chi connectivity index (χ0n) is 8.48. The highest BCUT2D eigenvalue weighted by Crippen LogP contribution is 2.37. The first kappa shape index (κ1) is 9.93. The molecule has 0 aromatic heterocycles. The van der Waals surface area contributed by atoms with Crippen molar-refractivity contribution in [3.63, 3.8) is 0 Å². The normalized spacial score (nSPS) is 36.6. The van der Waals surface area contributed by atoms with Crippen molar-refractivity contribution in [3.05, 3.63) is 0 Å². The third-order valence-electron chi connectivity index (χ3n) is 3.25. The van der Waals surface area contributed by atoms with E-state index in [0.29, 0.717) is 13.0 Å².